The summed E-state index contributed by atoms with van der Waals surface area (Å²) in [6, 6.07) is 0. The van der Waals surface area contributed by atoms with Crippen LogP contribution < -0.4 is 0 Å². The van der Waals surface area contributed by atoms with E-state index in [1.165, 1.54) is 76.2 Å². The van der Waals surface area contributed by atoms with Crippen molar-refractivity contribution >= 4 is 5.97 Å². The minimum absolute atomic E-state index is 0.0907. The third-order valence-electron chi connectivity index (χ3n) is 11.8. The van der Waals surface area contributed by atoms with Gasteiger partial charge < -0.3 is 4.74 Å². The second-order valence-electron chi connectivity index (χ2n) is 12.7. The summed E-state index contributed by atoms with van der Waals surface area (Å²) in [6.45, 7) is 14.6. The lowest BCUT2D eigenvalue weighted by Crippen LogP contribution is -2.60. The number of hydrogen-bond acceptors (Lipinski definition) is 2. The van der Waals surface area contributed by atoms with Gasteiger partial charge in [-0.25, -0.2) is 0 Å². The molecule has 5 rings (SSSR count). The Morgan fingerprint density at radius 1 is 0.967 bits per heavy atom. The molecule has 5 aliphatic rings. The summed E-state index contributed by atoms with van der Waals surface area (Å²) < 4.78 is 5.66. The second kappa shape index (κ2) is 7.11. The van der Waals surface area contributed by atoms with Crippen LogP contribution >= 0.6 is 0 Å². The SMILES string of the molecule is C=C1CCC2(C)C(CCC3(C)C4CCC5(COC(C)=O)CCCC5C4CCC23)C1C. The average Bonchev–Trinajstić information content (AvgIpc) is 3.14. The molecule has 30 heavy (non-hydrogen) atoms. The van der Waals surface area contributed by atoms with E-state index in [9.17, 15) is 4.79 Å². The average molecular weight is 413 g/mol. The molecule has 0 N–H and O–H groups in total. The fraction of sp³-hybridized carbons (Fsp3) is 0.893. The molecule has 0 aliphatic heterocycles. The maximum absolute atomic E-state index is 11.6. The minimum Gasteiger partial charge on any atom is -0.465 e. The number of allylic oxidation sites excluding steroid dienone is 1. The van der Waals surface area contributed by atoms with Gasteiger partial charge in [0.2, 0.25) is 0 Å². The molecule has 2 nitrogen and oxygen atoms in total. The molecule has 0 heterocycles. The van der Waals surface area contributed by atoms with Crippen molar-refractivity contribution in [2.45, 2.75) is 98.3 Å². The van der Waals surface area contributed by atoms with Crippen molar-refractivity contribution in [3.8, 4) is 0 Å². The number of esters is 1. The van der Waals surface area contributed by atoms with Crippen LogP contribution in [0.2, 0.25) is 0 Å². The Balaban J connectivity index is 1.42. The van der Waals surface area contributed by atoms with Crippen molar-refractivity contribution in [2.24, 2.45) is 51.8 Å². The summed E-state index contributed by atoms with van der Waals surface area (Å²) in [5, 5.41) is 0. The third-order valence-corrected chi connectivity index (χ3v) is 11.8. The monoisotopic (exact) mass is 412 g/mol. The van der Waals surface area contributed by atoms with E-state index in [1.54, 1.807) is 6.92 Å². The number of ether oxygens (including phenoxy) is 1. The van der Waals surface area contributed by atoms with E-state index >= 15 is 0 Å². The molecule has 0 spiro atoms. The van der Waals surface area contributed by atoms with E-state index < -0.39 is 0 Å². The molecule has 9 unspecified atom stereocenters. The van der Waals surface area contributed by atoms with Crippen LogP contribution in [-0.4, -0.2) is 12.6 Å². The lowest BCUT2D eigenvalue weighted by atomic mass is 9.37. The van der Waals surface area contributed by atoms with Gasteiger partial charge in [-0.3, -0.25) is 4.79 Å². The van der Waals surface area contributed by atoms with Gasteiger partial charge >= 0.3 is 5.97 Å². The van der Waals surface area contributed by atoms with E-state index in [1.807, 2.05) is 0 Å². The van der Waals surface area contributed by atoms with Crippen LogP contribution in [0.3, 0.4) is 0 Å². The maximum Gasteiger partial charge on any atom is 0.302 e. The first-order valence-corrected chi connectivity index (χ1v) is 13.0. The quantitative estimate of drug-likeness (QED) is 0.354. The van der Waals surface area contributed by atoms with Crippen molar-refractivity contribution in [3.63, 3.8) is 0 Å². The zero-order valence-corrected chi connectivity index (χ0v) is 20.0. The standard InChI is InChI=1S/C28H44O2/c1-18-10-14-26(4)22(19(18)2)11-15-27(5)23-12-16-28(17-30-20(3)29)13-6-7-24(28)21(23)8-9-25(26)27/h19,21-25H,1,6-17H2,2-5H3. The van der Waals surface area contributed by atoms with Gasteiger partial charge in [-0.15, -0.1) is 0 Å². The molecular weight excluding hydrogens is 368 g/mol. The third kappa shape index (κ3) is 2.83. The highest BCUT2D eigenvalue weighted by Gasteiger charge is 2.64. The van der Waals surface area contributed by atoms with E-state index in [4.69, 9.17) is 4.74 Å². The van der Waals surface area contributed by atoms with E-state index in [-0.39, 0.29) is 5.97 Å². The molecule has 0 aromatic carbocycles. The minimum atomic E-state index is -0.0907. The topological polar surface area (TPSA) is 26.3 Å². The molecule has 5 saturated carbocycles. The maximum atomic E-state index is 11.6. The number of carbonyl (C=O) groups is 1. The summed E-state index contributed by atoms with van der Waals surface area (Å²) in [5.41, 5.74) is 2.85. The Morgan fingerprint density at radius 3 is 2.47 bits per heavy atom. The largest absolute Gasteiger partial charge is 0.465 e. The molecular formula is C28H44O2. The predicted molar refractivity (Wildman–Crippen MR) is 122 cm³/mol. The molecule has 5 aliphatic carbocycles. The lowest BCUT2D eigenvalue weighted by molar-refractivity contribution is -0.184. The normalized spacial score (nSPS) is 52.6. The smallest absolute Gasteiger partial charge is 0.302 e. The van der Waals surface area contributed by atoms with Crippen molar-refractivity contribution in [1.29, 1.82) is 0 Å². The first-order valence-electron chi connectivity index (χ1n) is 13.0. The van der Waals surface area contributed by atoms with E-state index in [0.717, 1.165) is 29.6 Å². The Labute approximate surface area is 184 Å². The highest BCUT2D eigenvalue weighted by atomic mass is 16.5. The van der Waals surface area contributed by atoms with Crippen LogP contribution in [0.4, 0.5) is 0 Å². The number of fused-ring (bicyclic) bond motifs is 7. The van der Waals surface area contributed by atoms with Gasteiger partial charge in [-0.2, -0.15) is 0 Å². The molecule has 0 saturated heterocycles. The molecule has 0 aromatic rings. The fourth-order valence-electron chi connectivity index (χ4n) is 10.4. The molecule has 9 atom stereocenters. The van der Waals surface area contributed by atoms with Crippen LogP contribution in [0.15, 0.2) is 12.2 Å². The number of carbonyl (C=O) groups excluding carboxylic acids is 1. The van der Waals surface area contributed by atoms with Crippen LogP contribution in [0, 0.1) is 51.8 Å². The van der Waals surface area contributed by atoms with Gasteiger partial charge in [0, 0.05) is 12.3 Å². The summed E-state index contributed by atoms with van der Waals surface area (Å²) in [7, 11) is 0. The summed E-state index contributed by atoms with van der Waals surface area (Å²) in [5.74, 6) is 4.92. The highest BCUT2D eigenvalue weighted by molar-refractivity contribution is 5.65. The van der Waals surface area contributed by atoms with Gasteiger partial charge in [0.25, 0.3) is 0 Å². The molecule has 168 valence electrons. The first kappa shape index (κ1) is 21.1. The van der Waals surface area contributed by atoms with Crippen LogP contribution in [0.5, 0.6) is 0 Å². The van der Waals surface area contributed by atoms with Crippen LogP contribution in [-0.2, 0) is 9.53 Å². The Morgan fingerprint density at radius 2 is 1.70 bits per heavy atom. The summed E-state index contributed by atoms with van der Waals surface area (Å²) in [4.78, 5) is 11.6. The molecule has 0 radical (unpaired) electrons. The predicted octanol–water partition coefficient (Wildman–Crippen LogP) is 7.18. The fourth-order valence-corrected chi connectivity index (χ4v) is 10.4. The van der Waals surface area contributed by atoms with Gasteiger partial charge in [0.05, 0.1) is 6.61 Å². The van der Waals surface area contributed by atoms with Gasteiger partial charge in [0.15, 0.2) is 0 Å². The highest BCUT2D eigenvalue weighted by Crippen LogP contribution is 2.71. The Hall–Kier alpha value is -0.790. The van der Waals surface area contributed by atoms with E-state index in [0.29, 0.717) is 28.8 Å². The van der Waals surface area contributed by atoms with Crippen molar-refractivity contribution in [2.75, 3.05) is 6.61 Å². The molecule has 2 heteroatoms. The molecule has 0 amide bonds. The lowest BCUT2D eigenvalue weighted by Gasteiger charge is -2.67. The van der Waals surface area contributed by atoms with Crippen molar-refractivity contribution in [1.82, 2.24) is 0 Å². The zero-order valence-electron chi connectivity index (χ0n) is 20.0. The molecule has 5 fully saturated rings. The Bertz CT molecular complexity index is 726. The van der Waals surface area contributed by atoms with Crippen molar-refractivity contribution < 1.29 is 9.53 Å². The van der Waals surface area contributed by atoms with E-state index in [2.05, 4.69) is 27.4 Å². The summed E-state index contributed by atoms with van der Waals surface area (Å²) in [6.07, 6.45) is 15.0. The number of rotatable bonds is 2. The number of hydrogen-bond donors (Lipinski definition) is 0. The zero-order chi connectivity index (χ0) is 21.3. The van der Waals surface area contributed by atoms with Gasteiger partial charge in [0.1, 0.15) is 0 Å². The van der Waals surface area contributed by atoms with Gasteiger partial charge in [-0.05, 0) is 111 Å². The summed E-state index contributed by atoms with van der Waals surface area (Å²) >= 11 is 0. The van der Waals surface area contributed by atoms with Crippen LogP contribution in [0.1, 0.15) is 98.3 Å². The molecule has 0 aromatic heterocycles. The van der Waals surface area contributed by atoms with Gasteiger partial charge in [-0.1, -0.05) is 39.3 Å². The Kier molecular flexibility index (Phi) is 4.99. The van der Waals surface area contributed by atoms with Crippen LogP contribution in [0.25, 0.3) is 0 Å². The molecule has 0 bridgehead atoms. The second-order valence-corrected chi connectivity index (χ2v) is 12.7. The first-order chi connectivity index (χ1) is 14.2. The van der Waals surface area contributed by atoms with Crippen molar-refractivity contribution in [3.05, 3.63) is 12.2 Å².